The topological polar surface area (TPSA) is 53.5 Å². The van der Waals surface area contributed by atoms with Gasteiger partial charge in [0.15, 0.2) is 0 Å². The Balaban J connectivity index is 1.84. The molecule has 1 amide bonds. The lowest BCUT2D eigenvalue weighted by Crippen LogP contribution is -2.38. The Morgan fingerprint density at radius 2 is 1.95 bits per heavy atom. The molecule has 0 unspecified atom stereocenters. The van der Waals surface area contributed by atoms with Crippen molar-refractivity contribution in [2.75, 3.05) is 6.54 Å². The van der Waals surface area contributed by atoms with Crippen LogP contribution in [0.15, 0.2) is 23.3 Å². The minimum absolute atomic E-state index is 0.0739. The number of rotatable bonds is 5. The third kappa shape index (κ3) is 4.95. The zero-order valence-electron chi connectivity index (χ0n) is 13.9. The Morgan fingerprint density at radius 3 is 2.68 bits per heavy atom. The van der Waals surface area contributed by atoms with Crippen LogP contribution in [0.1, 0.15) is 55.7 Å². The normalized spacial score (nSPS) is 16.6. The van der Waals surface area contributed by atoms with E-state index in [9.17, 15) is 4.79 Å². The van der Waals surface area contributed by atoms with Gasteiger partial charge in [0.05, 0.1) is 12.3 Å². The zero-order chi connectivity index (χ0) is 15.9. The molecule has 0 aromatic heterocycles. The lowest BCUT2D eigenvalue weighted by molar-refractivity contribution is -0.120. The Hall–Kier alpha value is -1.68. The van der Waals surface area contributed by atoms with Crippen LogP contribution in [0.25, 0.3) is 0 Å². The number of hydrogen-bond donors (Lipinski definition) is 2. The molecule has 1 fully saturated rings. The lowest BCUT2D eigenvalue weighted by Gasteiger charge is -2.22. The number of nitrogens with zero attached hydrogens (tertiary/aromatic N) is 1. The first kappa shape index (κ1) is 16.7. The number of nitrogens with one attached hydrogen (secondary N) is 2. The molecule has 1 aliphatic rings. The van der Waals surface area contributed by atoms with E-state index in [1.165, 1.54) is 43.2 Å². The number of benzene rings is 1. The van der Waals surface area contributed by atoms with Crippen molar-refractivity contribution >= 4 is 11.6 Å². The summed E-state index contributed by atoms with van der Waals surface area (Å²) in [5, 5.41) is 7.56. The summed E-state index contributed by atoms with van der Waals surface area (Å²) in [7, 11) is 0. The fourth-order valence-electron chi connectivity index (χ4n) is 2.92. The Kier molecular flexibility index (Phi) is 6.13. The molecule has 0 radical (unpaired) electrons. The number of hydrogen-bond acceptors (Lipinski definition) is 3. The quantitative estimate of drug-likeness (QED) is 0.649. The maximum atomic E-state index is 11.9. The number of carbonyl (C=O) groups is 1. The average molecular weight is 301 g/mol. The second-order valence-electron chi connectivity index (χ2n) is 6.27. The predicted octanol–water partition coefficient (Wildman–Crippen LogP) is 3.07. The van der Waals surface area contributed by atoms with E-state index < -0.39 is 0 Å². The first-order valence-corrected chi connectivity index (χ1v) is 8.20. The van der Waals surface area contributed by atoms with Crippen molar-refractivity contribution in [2.45, 2.75) is 58.9 Å². The van der Waals surface area contributed by atoms with Gasteiger partial charge in [0.2, 0.25) is 0 Å². The summed E-state index contributed by atoms with van der Waals surface area (Å²) in [6.45, 7) is 6.38. The molecule has 1 aromatic carbocycles. The van der Waals surface area contributed by atoms with Gasteiger partial charge in [-0.2, -0.15) is 5.10 Å². The Bertz CT molecular complexity index is 545. The predicted molar refractivity (Wildman–Crippen MR) is 91.1 cm³/mol. The van der Waals surface area contributed by atoms with Crippen LogP contribution in [0.3, 0.4) is 0 Å². The SMILES string of the molecule is C/C(=N/NC(=O)CNC1CCCCC1)c1cc(C)ccc1C. The molecule has 4 nitrogen and oxygen atoms in total. The smallest absolute Gasteiger partial charge is 0.254 e. The summed E-state index contributed by atoms with van der Waals surface area (Å²) in [5.41, 5.74) is 6.94. The molecule has 0 atom stereocenters. The van der Waals surface area contributed by atoms with Crippen LogP contribution < -0.4 is 10.7 Å². The zero-order valence-corrected chi connectivity index (χ0v) is 13.9. The van der Waals surface area contributed by atoms with Gasteiger partial charge < -0.3 is 5.32 Å². The molecule has 2 rings (SSSR count). The number of carbonyl (C=O) groups excluding carboxylic acids is 1. The second kappa shape index (κ2) is 8.08. The summed E-state index contributed by atoms with van der Waals surface area (Å²) in [6.07, 6.45) is 6.21. The second-order valence-corrected chi connectivity index (χ2v) is 6.27. The molecule has 0 saturated heterocycles. The molecule has 1 aromatic rings. The van der Waals surface area contributed by atoms with Gasteiger partial charge in [-0.3, -0.25) is 4.79 Å². The summed E-state index contributed by atoms with van der Waals surface area (Å²) in [5.74, 6) is -0.0739. The van der Waals surface area contributed by atoms with Crippen LogP contribution in [-0.4, -0.2) is 24.2 Å². The number of amides is 1. The summed E-state index contributed by atoms with van der Waals surface area (Å²) >= 11 is 0. The van der Waals surface area contributed by atoms with Crippen LogP contribution in [0.4, 0.5) is 0 Å². The van der Waals surface area contributed by atoms with Crippen molar-refractivity contribution in [1.82, 2.24) is 10.7 Å². The van der Waals surface area contributed by atoms with E-state index in [1.54, 1.807) is 0 Å². The first-order chi connectivity index (χ1) is 10.6. The standard InChI is InChI=1S/C18H27N3O/c1-13-9-10-14(2)17(11-13)15(3)20-21-18(22)12-19-16-7-5-4-6-8-16/h9-11,16,19H,4-8,12H2,1-3H3,(H,21,22)/b20-15-. The van der Waals surface area contributed by atoms with Gasteiger partial charge >= 0.3 is 0 Å². The van der Waals surface area contributed by atoms with Crippen molar-refractivity contribution in [1.29, 1.82) is 0 Å². The fraction of sp³-hybridized carbons (Fsp3) is 0.556. The van der Waals surface area contributed by atoms with Crippen LogP contribution in [0.2, 0.25) is 0 Å². The highest BCUT2D eigenvalue weighted by atomic mass is 16.2. The molecule has 1 aliphatic carbocycles. The van der Waals surface area contributed by atoms with Crippen molar-refractivity contribution in [3.05, 3.63) is 34.9 Å². The Morgan fingerprint density at radius 1 is 1.23 bits per heavy atom. The molecule has 0 spiro atoms. The largest absolute Gasteiger partial charge is 0.306 e. The highest BCUT2D eigenvalue weighted by Crippen LogP contribution is 2.17. The van der Waals surface area contributed by atoms with Crippen molar-refractivity contribution in [3.8, 4) is 0 Å². The van der Waals surface area contributed by atoms with Crippen molar-refractivity contribution in [3.63, 3.8) is 0 Å². The van der Waals surface area contributed by atoms with Gasteiger partial charge in [-0.15, -0.1) is 0 Å². The highest BCUT2D eigenvalue weighted by Gasteiger charge is 2.13. The van der Waals surface area contributed by atoms with Crippen LogP contribution >= 0.6 is 0 Å². The third-order valence-electron chi connectivity index (χ3n) is 4.29. The van der Waals surface area contributed by atoms with Gasteiger partial charge in [0, 0.05) is 11.6 Å². The molecular formula is C18H27N3O. The number of hydrazone groups is 1. The van der Waals surface area contributed by atoms with Crippen LogP contribution in [0.5, 0.6) is 0 Å². The van der Waals surface area contributed by atoms with Crippen molar-refractivity contribution < 1.29 is 4.79 Å². The van der Waals surface area contributed by atoms with E-state index >= 15 is 0 Å². The van der Waals surface area contributed by atoms with Gasteiger partial charge in [-0.25, -0.2) is 5.43 Å². The first-order valence-electron chi connectivity index (χ1n) is 8.20. The third-order valence-corrected chi connectivity index (χ3v) is 4.29. The molecular weight excluding hydrogens is 274 g/mol. The molecule has 120 valence electrons. The average Bonchev–Trinajstić information content (AvgIpc) is 2.54. The van der Waals surface area contributed by atoms with E-state index in [1.807, 2.05) is 6.92 Å². The molecule has 4 heteroatoms. The van der Waals surface area contributed by atoms with Gasteiger partial charge in [0.1, 0.15) is 0 Å². The monoisotopic (exact) mass is 301 g/mol. The molecule has 2 N–H and O–H groups in total. The maximum Gasteiger partial charge on any atom is 0.254 e. The molecule has 0 bridgehead atoms. The minimum Gasteiger partial charge on any atom is -0.306 e. The molecule has 0 heterocycles. The van der Waals surface area contributed by atoms with E-state index in [0.29, 0.717) is 12.6 Å². The fourth-order valence-corrected chi connectivity index (χ4v) is 2.92. The highest BCUT2D eigenvalue weighted by molar-refractivity contribution is 6.00. The van der Waals surface area contributed by atoms with Crippen molar-refractivity contribution in [2.24, 2.45) is 5.10 Å². The lowest BCUT2D eigenvalue weighted by atomic mass is 9.95. The summed E-state index contributed by atoms with van der Waals surface area (Å²) < 4.78 is 0. The molecule has 1 saturated carbocycles. The van der Waals surface area contributed by atoms with E-state index in [-0.39, 0.29) is 5.91 Å². The van der Waals surface area contributed by atoms with E-state index in [2.05, 4.69) is 47.9 Å². The Labute approximate surface area is 133 Å². The molecule has 0 aliphatic heterocycles. The number of aryl methyl sites for hydroxylation is 2. The summed E-state index contributed by atoms with van der Waals surface area (Å²) in [4.78, 5) is 11.9. The molecule has 22 heavy (non-hydrogen) atoms. The van der Waals surface area contributed by atoms with Crippen LogP contribution in [0, 0.1) is 13.8 Å². The summed E-state index contributed by atoms with van der Waals surface area (Å²) in [6, 6.07) is 6.75. The minimum atomic E-state index is -0.0739. The van der Waals surface area contributed by atoms with Crippen LogP contribution in [-0.2, 0) is 4.79 Å². The van der Waals surface area contributed by atoms with Gasteiger partial charge in [-0.05, 0) is 45.2 Å². The van der Waals surface area contributed by atoms with Gasteiger partial charge in [0.25, 0.3) is 5.91 Å². The maximum absolute atomic E-state index is 11.9. The van der Waals surface area contributed by atoms with E-state index in [0.717, 1.165) is 11.3 Å². The van der Waals surface area contributed by atoms with E-state index in [4.69, 9.17) is 0 Å². The van der Waals surface area contributed by atoms with Gasteiger partial charge in [-0.1, -0.05) is 37.0 Å².